The van der Waals surface area contributed by atoms with E-state index >= 15 is 0 Å². The lowest BCUT2D eigenvalue weighted by atomic mass is 9.69. The SMILES string of the molecule is Cc1cccc(-c2cccc3c2C=C(C(C)(CC(C)C)C2=Cc4c(cccc4-c4cccc(C)c4)C2)C3)c1. The van der Waals surface area contributed by atoms with E-state index in [-0.39, 0.29) is 5.41 Å². The lowest BCUT2D eigenvalue weighted by molar-refractivity contribution is 0.363. The summed E-state index contributed by atoms with van der Waals surface area (Å²) in [5, 5.41) is 0. The number of aryl methyl sites for hydroxylation is 2. The van der Waals surface area contributed by atoms with Gasteiger partial charge in [-0.15, -0.1) is 0 Å². The minimum absolute atomic E-state index is 0.0277. The third kappa shape index (κ3) is 4.37. The van der Waals surface area contributed by atoms with Crippen LogP contribution in [-0.2, 0) is 12.8 Å². The van der Waals surface area contributed by atoms with Gasteiger partial charge in [-0.2, -0.15) is 0 Å². The Morgan fingerprint density at radius 1 is 0.632 bits per heavy atom. The third-order valence-electron chi connectivity index (χ3n) is 8.68. The van der Waals surface area contributed by atoms with Crippen molar-refractivity contribution in [3.05, 3.63) is 129 Å². The van der Waals surface area contributed by atoms with Gasteiger partial charge in [-0.25, -0.2) is 0 Å². The summed E-state index contributed by atoms with van der Waals surface area (Å²) in [5.74, 6) is 0.613. The predicted molar refractivity (Wildman–Crippen MR) is 164 cm³/mol. The fourth-order valence-electron chi connectivity index (χ4n) is 6.86. The number of hydrogen-bond acceptors (Lipinski definition) is 0. The second-order valence-electron chi connectivity index (χ2n) is 12.1. The van der Waals surface area contributed by atoms with Crippen LogP contribution in [0.25, 0.3) is 34.4 Å². The zero-order valence-electron chi connectivity index (χ0n) is 23.4. The lowest BCUT2D eigenvalue weighted by Crippen LogP contribution is -2.25. The Kier molecular flexibility index (Phi) is 6.23. The van der Waals surface area contributed by atoms with Crippen LogP contribution in [0.4, 0.5) is 0 Å². The number of allylic oxidation sites excluding steroid dienone is 2. The molecule has 4 aromatic carbocycles. The van der Waals surface area contributed by atoms with E-state index in [0.717, 1.165) is 19.3 Å². The van der Waals surface area contributed by atoms with E-state index in [1.165, 1.54) is 55.6 Å². The first-order chi connectivity index (χ1) is 18.3. The summed E-state index contributed by atoms with van der Waals surface area (Å²) in [7, 11) is 0. The molecule has 0 nitrogen and oxygen atoms in total. The zero-order chi connectivity index (χ0) is 26.4. The van der Waals surface area contributed by atoms with Crippen LogP contribution in [0.3, 0.4) is 0 Å². The average molecular weight is 495 g/mol. The molecule has 0 saturated carbocycles. The molecule has 0 spiro atoms. The highest BCUT2D eigenvalue weighted by atomic mass is 14.4. The minimum Gasteiger partial charge on any atom is -0.0627 e. The molecule has 0 heteroatoms. The van der Waals surface area contributed by atoms with Gasteiger partial charge in [0, 0.05) is 5.41 Å². The number of hydrogen-bond donors (Lipinski definition) is 0. The Balaban J connectivity index is 1.44. The van der Waals surface area contributed by atoms with Crippen molar-refractivity contribution in [2.45, 2.75) is 53.9 Å². The zero-order valence-corrected chi connectivity index (χ0v) is 23.4. The van der Waals surface area contributed by atoms with Crippen LogP contribution in [0.1, 0.15) is 60.6 Å². The van der Waals surface area contributed by atoms with Crippen molar-refractivity contribution in [2.75, 3.05) is 0 Å². The van der Waals surface area contributed by atoms with E-state index in [2.05, 4.69) is 132 Å². The third-order valence-corrected chi connectivity index (χ3v) is 8.68. The fraction of sp³-hybridized carbons (Fsp3) is 0.263. The predicted octanol–water partition coefficient (Wildman–Crippen LogP) is 10.3. The first kappa shape index (κ1) is 24.7. The number of rotatable bonds is 6. The highest BCUT2D eigenvalue weighted by Crippen LogP contribution is 2.51. The summed E-state index contributed by atoms with van der Waals surface area (Å²) in [6.07, 6.45) is 8.32. The molecule has 0 unspecified atom stereocenters. The van der Waals surface area contributed by atoms with E-state index in [1.54, 1.807) is 11.1 Å². The quantitative estimate of drug-likeness (QED) is 0.250. The highest BCUT2D eigenvalue weighted by Gasteiger charge is 2.38. The van der Waals surface area contributed by atoms with Crippen molar-refractivity contribution < 1.29 is 0 Å². The smallest absolute Gasteiger partial charge is 0.0108 e. The largest absolute Gasteiger partial charge is 0.0627 e. The van der Waals surface area contributed by atoms with Gasteiger partial charge in [0.25, 0.3) is 0 Å². The van der Waals surface area contributed by atoms with E-state index in [0.29, 0.717) is 5.92 Å². The summed E-state index contributed by atoms with van der Waals surface area (Å²) in [6.45, 7) is 11.6. The van der Waals surface area contributed by atoms with Gasteiger partial charge in [-0.1, -0.05) is 140 Å². The van der Waals surface area contributed by atoms with Crippen molar-refractivity contribution in [3.8, 4) is 22.3 Å². The maximum atomic E-state index is 2.54. The van der Waals surface area contributed by atoms with Gasteiger partial charge < -0.3 is 0 Å². The summed E-state index contributed by atoms with van der Waals surface area (Å²) in [5.41, 5.74) is 16.9. The molecule has 0 heterocycles. The van der Waals surface area contributed by atoms with Crippen LogP contribution in [0.5, 0.6) is 0 Å². The maximum Gasteiger partial charge on any atom is 0.0108 e. The Bertz CT molecular complexity index is 1480. The van der Waals surface area contributed by atoms with Crippen LogP contribution in [0.15, 0.2) is 96.1 Å². The average Bonchev–Trinajstić information content (AvgIpc) is 3.53. The number of fused-ring (bicyclic) bond motifs is 2. The summed E-state index contributed by atoms with van der Waals surface area (Å²) in [4.78, 5) is 0. The molecule has 0 saturated heterocycles. The molecule has 0 fully saturated rings. The molecule has 0 atom stereocenters. The molecule has 6 rings (SSSR count). The molecular weight excluding hydrogens is 456 g/mol. The van der Waals surface area contributed by atoms with Crippen molar-refractivity contribution in [1.29, 1.82) is 0 Å². The molecule has 2 aliphatic carbocycles. The second kappa shape index (κ2) is 9.59. The van der Waals surface area contributed by atoms with Gasteiger partial charge >= 0.3 is 0 Å². The Morgan fingerprint density at radius 3 is 1.50 bits per heavy atom. The van der Waals surface area contributed by atoms with E-state index in [9.17, 15) is 0 Å². The van der Waals surface area contributed by atoms with Gasteiger partial charge in [0.05, 0.1) is 0 Å². The molecular formula is C38H38. The molecule has 0 radical (unpaired) electrons. The van der Waals surface area contributed by atoms with Crippen LogP contribution in [0.2, 0.25) is 0 Å². The molecule has 2 aliphatic rings. The van der Waals surface area contributed by atoms with Gasteiger partial charge in [0.2, 0.25) is 0 Å². The Labute approximate surface area is 228 Å². The lowest BCUT2D eigenvalue weighted by Gasteiger charge is -2.35. The van der Waals surface area contributed by atoms with Crippen LogP contribution in [-0.4, -0.2) is 0 Å². The van der Waals surface area contributed by atoms with Crippen molar-refractivity contribution in [3.63, 3.8) is 0 Å². The summed E-state index contributed by atoms with van der Waals surface area (Å²) in [6, 6.07) is 31.6. The Hall–Kier alpha value is -3.64. The van der Waals surface area contributed by atoms with E-state index in [4.69, 9.17) is 0 Å². The fourth-order valence-corrected chi connectivity index (χ4v) is 6.86. The van der Waals surface area contributed by atoms with Gasteiger partial charge in [-0.3, -0.25) is 0 Å². The normalized spacial score (nSPS) is 14.4. The van der Waals surface area contributed by atoms with Crippen molar-refractivity contribution in [1.82, 2.24) is 0 Å². The van der Waals surface area contributed by atoms with Crippen LogP contribution in [0, 0.1) is 25.2 Å². The first-order valence-corrected chi connectivity index (χ1v) is 14.1. The molecule has 0 aliphatic heterocycles. The highest BCUT2D eigenvalue weighted by molar-refractivity contribution is 5.84. The monoisotopic (exact) mass is 494 g/mol. The minimum atomic E-state index is 0.0277. The van der Waals surface area contributed by atoms with Crippen LogP contribution >= 0.6 is 0 Å². The molecule has 0 bridgehead atoms. The molecule has 190 valence electrons. The summed E-state index contributed by atoms with van der Waals surface area (Å²) >= 11 is 0. The van der Waals surface area contributed by atoms with Crippen molar-refractivity contribution in [2.24, 2.45) is 11.3 Å². The molecule has 0 aromatic heterocycles. The Morgan fingerprint density at radius 2 is 1.08 bits per heavy atom. The topological polar surface area (TPSA) is 0 Å². The molecule has 0 N–H and O–H groups in total. The van der Waals surface area contributed by atoms with Gasteiger partial charge in [-0.05, 0) is 83.5 Å². The number of benzene rings is 4. The maximum absolute atomic E-state index is 2.54. The summed E-state index contributed by atoms with van der Waals surface area (Å²) < 4.78 is 0. The molecule has 4 aromatic rings. The van der Waals surface area contributed by atoms with Gasteiger partial charge in [0.1, 0.15) is 0 Å². The standard InChI is InChI=1S/C38H38/c1-25(2)24-38(5,32-20-30-14-8-16-34(36(30)22-32)28-12-6-10-26(3)18-28)33-21-31-15-9-17-35(37(31)23-33)29-13-7-11-27(4)19-29/h6-19,22-23,25H,20-21,24H2,1-5H3. The second-order valence-corrected chi connectivity index (χ2v) is 12.1. The van der Waals surface area contributed by atoms with E-state index < -0.39 is 0 Å². The van der Waals surface area contributed by atoms with Crippen LogP contribution < -0.4 is 0 Å². The first-order valence-electron chi connectivity index (χ1n) is 14.1. The van der Waals surface area contributed by atoms with Crippen molar-refractivity contribution >= 4 is 12.2 Å². The van der Waals surface area contributed by atoms with E-state index in [1.807, 2.05) is 0 Å². The van der Waals surface area contributed by atoms with Gasteiger partial charge in [0.15, 0.2) is 0 Å². The molecule has 38 heavy (non-hydrogen) atoms. The molecule has 0 amide bonds.